The Labute approximate surface area is 607 Å². The largest absolute Gasteiger partial charge is 0.345 e. The second kappa shape index (κ2) is 43.0. The average Bonchev–Trinajstić information content (AvgIpc) is 1.58. The van der Waals surface area contributed by atoms with E-state index in [2.05, 4.69) is 63.8 Å². The van der Waals surface area contributed by atoms with E-state index in [1.807, 2.05) is 138 Å². The molecule has 0 spiro atoms. The summed E-state index contributed by atoms with van der Waals surface area (Å²) in [6.07, 6.45) is 2.61. The molecule has 0 unspecified atom stereocenters. The molecule has 0 aromatic rings. The lowest BCUT2D eigenvalue weighted by Gasteiger charge is -2.31. The number of nitrogens with one attached hydrogen (secondary N) is 12. The van der Waals surface area contributed by atoms with Crippen LogP contribution in [0.25, 0.3) is 0 Å². The highest BCUT2D eigenvalue weighted by Gasteiger charge is 2.43. The SMILES string of the molecule is CC(C)C[C@@H]1NC(=O)[C@@H](CC(C)C)NC(=O)CNC(=O)[C@@H]2CCCN2C(=O)[C@@H](CC(C)C)NC(=O)CNC(=O)[C@@H]2CCCN2C(=O)[C@@H](CC(C)C)NC(=O)[C@H](CC(C)C)NC(=O)[C@@H](CC(C)C)NC(=O)[C@H](CC(C)C)NC(=O)[C@@H](CC(C)C)NC(=O)[C@H](CC(C)C)NC(=O)[C@@H](CC(C)C)NC1=O. The lowest BCUT2D eigenvalue weighted by molar-refractivity contribution is -0.143. The topological polar surface area (TPSA) is 390 Å². The normalized spacial score (nSPS) is 26.8. The average molecular weight is 1440 g/mol. The van der Waals surface area contributed by atoms with Gasteiger partial charge in [0.05, 0.1) is 13.1 Å². The Kier molecular flexibility index (Phi) is 37.4. The monoisotopic (exact) mass is 1440 g/mol. The number of carbonyl (C=O) groups is 14. The van der Waals surface area contributed by atoms with Crippen molar-refractivity contribution in [1.29, 1.82) is 0 Å². The molecule has 3 rings (SSSR count). The van der Waals surface area contributed by atoms with Crippen LogP contribution in [0.5, 0.6) is 0 Å². The maximum absolute atomic E-state index is 14.7. The van der Waals surface area contributed by atoms with Gasteiger partial charge in [0.2, 0.25) is 82.7 Å². The summed E-state index contributed by atoms with van der Waals surface area (Å²) in [7, 11) is 0. The Morgan fingerprint density at radius 3 is 0.618 bits per heavy atom. The molecule has 0 aromatic carbocycles. The number of rotatable bonds is 20. The first kappa shape index (κ1) is 88.8. The van der Waals surface area contributed by atoms with E-state index in [0.717, 1.165) is 0 Å². The predicted octanol–water partition coefficient (Wildman–Crippen LogP) is 3.52. The number of carbonyl (C=O) groups excluding carboxylic acids is 14. The van der Waals surface area contributed by atoms with Crippen molar-refractivity contribution in [2.75, 3.05) is 26.2 Å². The summed E-state index contributed by atoms with van der Waals surface area (Å²) in [6, 6.07) is -14.0. The van der Waals surface area contributed by atoms with Crippen LogP contribution >= 0.6 is 0 Å². The molecule has 0 radical (unpaired) electrons. The first-order chi connectivity index (χ1) is 47.6. The van der Waals surface area contributed by atoms with E-state index in [4.69, 9.17) is 0 Å². The molecule has 3 heterocycles. The number of fused-ring (bicyclic) bond motifs is 2. The lowest BCUT2D eigenvalue weighted by atomic mass is 9.97. The van der Waals surface area contributed by atoms with Crippen LogP contribution in [0.1, 0.15) is 228 Å². The van der Waals surface area contributed by atoms with Crippen LogP contribution < -0.4 is 63.8 Å². The fourth-order valence-corrected chi connectivity index (χ4v) is 13.3. The molecule has 12 atom stereocenters. The molecule has 3 fully saturated rings. The Morgan fingerprint density at radius 2 is 0.412 bits per heavy atom. The fraction of sp³-hybridized carbons (Fsp3) is 0.811. The number of hydrogen-bond acceptors (Lipinski definition) is 14. The van der Waals surface area contributed by atoms with Crippen LogP contribution in [0, 0.1) is 59.2 Å². The Bertz CT molecular complexity index is 2840. The van der Waals surface area contributed by atoms with Gasteiger partial charge in [-0.25, -0.2) is 0 Å². The van der Waals surface area contributed by atoms with Gasteiger partial charge in [0.1, 0.15) is 72.5 Å². The van der Waals surface area contributed by atoms with Crippen molar-refractivity contribution in [3.8, 4) is 0 Å². The summed E-state index contributed by atoms with van der Waals surface area (Å²) in [5, 5.41) is 33.6. The second-order valence-corrected chi connectivity index (χ2v) is 32.8. The highest BCUT2D eigenvalue weighted by Crippen LogP contribution is 2.24. The molecule has 102 heavy (non-hydrogen) atoms. The van der Waals surface area contributed by atoms with Gasteiger partial charge >= 0.3 is 0 Å². The maximum atomic E-state index is 14.7. The predicted molar refractivity (Wildman–Crippen MR) is 389 cm³/mol. The zero-order chi connectivity index (χ0) is 77.2. The minimum atomic E-state index is -1.23. The summed E-state index contributed by atoms with van der Waals surface area (Å²) in [4.78, 5) is 204. The van der Waals surface area contributed by atoms with Gasteiger partial charge in [0, 0.05) is 13.1 Å². The Balaban J connectivity index is 2.19. The molecule has 0 aromatic heterocycles. The molecule has 3 aliphatic rings. The van der Waals surface area contributed by atoms with Crippen molar-refractivity contribution in [2.24, 2.45) is 59.2 Å². The summed E-state index contributed by atoms with van der Waals surface area (Å²) >= 11 is 0. The van der Waals surface area contributed by atoms with Crippen LogP contribution in [0.3, 0.4) is 0 Å². The number of amides is 14. The fourth-order valence-electron chi connectivity index (χ4n) is 13.3. The van der Waals surface area contributed by atoms with E-state index in [0.29, 0.717) is 12.8 Å². The third-order valence-electron chi connectivity index (χ3n) is 17.9. The van der Waals surface area contributed by atoms with Crippen LogP contribution in [0.2, 0.25) is 0 Å². The van der Waals surface area contributed by atoms with Crippen molar-refractivity contribution in [3.05, 3.63) is 0 Å². The molecular weight excluding hydrogens is 1310 g/mol. The Hall–Kier alpha value is -7.42. The molecule has 0 saturated carbocycles. The van der Waals surface area contributed by atoms with Crippen LogP contribution in [0.4, 0.5) is 0 Å². The molecule has 14 amide bonds. The first-order valence-corrected chi connectivity index (χ1v) is 37.7. The highest BCUT2D eigenvalue weighted by molar-refractivity contribution is 6.00. The Morgan fingerprint density at radius 1 is 0.245 bits per heavy atom. The standard InChI is InChI=1S/C74H130N14O14/c1-39(2)27-49-63(91)79-50(28-40(3)4)64(92)80-51(29-41(5)6)65(93)81-52(30-42(7)8)66(94)82-53(31-43(9)10)67(95)83-54(32-44(11)12)68(96)84-55(33-45(13)14)69(97)85-56(34-46(15)16)70(98)86-58(36-48(19)20)74(102)88-26-22-24-60(88)72(100)76-38-62(90)78-57(35-47(17)18)73(101)87-25-21-23-59(87)71(99)75-37-61(89)77-49/h39-60H,21-38H2,1-20H3,(H,75,99)(H,76,100)(H,77,89)(H,78,90)(H,79,91)(H,80,92)(H,81,93)(H,82,94)(H,83,95)(H,84,96)(H,85,97)(H,86,98)/t49-,50+,51-,52+,53-,54+,55-,56+,57-,58-,59+,60+/m1/s1. The molecular formula is C74H130N14O14. The molecule has 28 heteroatoms. The summed E-state index contributed by atoms with van der Waals surface area (Å²) in [5.74, 6) is -11.0. The highest BCUT2D eigenvalue weighted by atomic mass is 16.2. The van der Waals surface area contributed by atoms with Gasteiger partial charge in [-0.05, 0) is 149 Å². The van der Waals surface area contributed by atoms with Crippen molar-refractivity contribution in [1.82, 2.24) is 73.6 Å². The van der Waals surface area contributed by atoms with Crippen LogP contribution in [-0.4, -0.2) is 191 Å². The minimum Gasteiger partial charge on any atom is -0.345 e. The smallest absolute Gasteiger partial charge is 0.245 e. The third-order valence-corrected chi connectivity index (χ3v) is 17.9. The molecule has 0 bridgehead atoms. The molecule has 580 valence electrons. The molecule has 12 N–H and O–H groups in total. The van der Waals surface area contributed by atoms with Gasteiger partial charge in [-0.1, -0.05) is 138 Å². The van der Waals surface area contributed by atoms with E-state index in [1.54, 1.807) is 0 Å². The van der Waals surface area contributed by atoms with E-state index in [1.165, 1.54) is 9.80 Å². The second-order valence-electron chi connectivity index (χ2n) is 32.8. The van der Waals surface area contributed by atoms with Gasteiger partial charge in [0.15, 0.2) is 0 Å². The summed E-state index contributed by atoms with van der Waals surface area (Å²) in [6.45, 7) is 36.3. The van der Waals surface area contributed by atoms with Gasteiger partial charge in [0.25, 0.3) is 0 Å². The van der Waals surface area contributed by atoms with Crippen molar-refractivity contribution >= 4 is 82.7 Å². The zero-order valence-corrected chi connectivity index (χ0v) is 65.0. The number of hydrogen-bond donors (Lipinski definition) is 12. The minimum absolute atomic E-state index is 0.111. The van der Waals surface area contributed by atoms with E-state index >= 15 is 0 Å². The van der Waals surface area contributed by atoms with Crippen LogP contribution in [0.15, 0.2) is 0 Å². The molecule has 0 aliphatic carbocycles. The summed E-state index contributed by atoms with van der Waals surface area (Å²) in [5.41, 5.74) is 0. The third kappa shape index (κ3) is 30.9. The van der Waals surface area contributed by atoms with E-state index in [9.17, 15) is 67.1 Å². The number of nitrogens with zero attached hydrogens (tertiary/aromatic N) is 2. The van der Waals surface area contributed by atoms with Crippen molar-refractivity contribution in [2.45, 2.75) is 301 Å². The summed E-state index contributed by atoms with van der Waals surface area (Å²) < 4.78 is 0. The van der Waals surface area contributed by atoms with Crippen molar-refractivity contribution in [3.63, 3.8) is 0 Å². The van der Waals surface area contributed by atoms with E-state index in [-0.39, 0.29) is 149 Å². The van der Waals surface area contributed by atoms with Crippen LogP contribution in [-0.2, 0) is 67.1 Å². The van der Waals surface area contributed by atoms with Crippen molar-refractivity contribution < 1.29 is 67.1 Å². The van der Waals surface area contributed by atoms with Gasteiger partial charge in [-0.15, -0.1) is 0 Å². The van der Waals surface area contributed by atoms with Gasteiger partial charge in [-0.3, -0.25) is 67.1 Å². The zero-order valence-electron chi connectivity index (χ0n) is 65.0. The molecule has 28 nitrogen and oxygen atoms in total. The molecule has 3 saturated heterocycles. The molecule has 3 aliphatic heterocycles. The maximum Gasteiger partial charge on any atom is 0.245 e. The van der Waals surface area contributed by atoms with Gasteiger partial charge in [-0.2, -0.15) is 0 Å². The first-order valence-electron chi connectivity index (χ1n) is 37.7. The lowest BCUT2D eigenvalue weighted by Crippen LogP contribution is -2.61. The van der Waals surface area contributed by atoms with Gasteiger partial charge < -0.3 is 73.6 Å². The quantitative estimate of drug-likeness (QED) is 0.0830. The van der Waals surface area contributed by atoms with E-state index < -0.39 is 168 Å².